The topological polar surface area (TPSA) is 69.7 Å². The van der Waals surface area contributed by atoms with Crippen molar-refractivity contribution in [2.75, 3.05) is 25.6 Å². The number of carbonyl (C=O) groups excluding carboxylic acids is 1. The van der Waals surface area contributed by atoms with Crippen molar-refractivity contribution >= 4 is 23.2 Å². The van der Waals surface area contributed by atoms with E-state index in [1.165, 1.54) is 13.3 Å². The smallest absolute Gasteiger partial charge is 0.255 e. The van der Waals surface area contributed by atoms with Crippen LogP contribution in [0.4, 0.5) is 5.69 Å². The number of rotatable bonds is 8. The third kappa shape index (κ3) is 5.00. The molecular weight excluding hydrogens is 344 g/mol. The second-order valence-electron chi connectivity index (χ2n) is 5.11. The van der Waals surface area contributed by atoms with Gasteiger partial charge in [-0.3, -0.25) is 4.79 Å². The summed E-state index contributed by atoms with van der Waals surface area (Å²) in [6, 6.07) is 6.54. The quantitative estimate of drug-likeness (QED) is 0.760. The van der Waals surface area contributed by atoms with Crippen molar-refractivity contribution in [2.24, 2.45) is 0 Å². The molecule has 1 aromatic heterocycles. The molecule has 0 saturated carbocycles. The number of anilines is 1. The first-order chi connectivity index (χ1) is 12.1. The molecule has 2 rings (SSSR count). The van der Waals surface area contributed by atoms with Crippen LogP contribution in [-0.2, 0) is 0 Å². The van der Waals surface area contributed by atoms with Crippen molar-refractivity contribution < 1.29 is 19.0 Å². The highest BCUT2D eigenvalue weighted by molar-refractivity contribution is 6.32. The highest BCUT2D eigenvalue weighted by atomic mass is 35.5. The molecule has 7 heteroatoms. The van der Waals surface area contributed by atoms with E-state index >= 15 is 0 Å². The number of pyridine rings is 1. The standard InChI is InChI=1S/C18H21ClN2O4/c1-4-8-25-17-14(19)9-12(10-15(17)24-5-2)18(22)21-13-6-7-16(23-3)20-11-13/h6-7,9-11H,4-5,8H2,1-3H3,(H,21,22). The van der Waals surface area contributed by atoms with Gasteiger partial charge in [-0.25, -0.2) is 4.98 Å². The zero-order chi connectivity index (χ0) is 18.2. The van der Waals surface area contributed by atoms with Gasteiger partial charge >= 0.3 is 0 Å². The van der Waals surface area contributed by atoms with Gasteiger partial charge in [0.1, 0.15) is 0 Å². The third-order valence-corrected chi connectivity index (χ3v) is 3.51. The highest BCUT2D eigenvalue weighted by Gasteiger charge is 2.16. The molecule has 1 amide bonds. The van der Waals surface area contributed by atoms with Crippen LogP contribution in [0.25, 0.3) is 0 Å². The Hall–Kier alpha value is -2.47. The molecule has 1 heterocycles. The maximum Gasteiger partial charge on any atom is 0.255 e. The molecule has 0 spiro atoms. The van der Waals surface area contributed by atoms with Crippen molar-refractivity contribution in [3.8, 4) is 17.4 Å². The maximum absolute atomic E-state index is 12.5. The number of nitrogens with zero attached hydrogens (tertiary/aromatic N) is 1. The van der Waals surface area contributed by atoms with E-state index in [0.29, 0.717) is 46.9 Å². The average Bonchev–Trinajstić information content (AvgIpc) is 2.61. The molecule has 1 aromatic carbocycles. The molecule has 0 bridgehead atoms. The van der Waals surface area contributed by atoms with Gasteiger partial charge in [-0.2, -0.15) is 0 Å². The number of ether oxygens (including phenoxy) is 3. The molecule has 25 heavy (non-hydrogen) atoms. The largest absolute Gasteiger partial charge is 0.490 e. The van der Waals surface area contributed by atoms with E-state index in [4.69, 9.17) is 25.8 Å². The number of halogens is 1. The summed E-state index contributed by atoms with van der Waals surface area (Å²) in [6.45, 7) is 4.81. The minimum Gasteiger partial charge on any atom is -0.490 e. The van der Waals surface area contributed by atoms with Crippen LogP contribution in [0.3, 0.4) is 0 Å². The number of hydrogen-bond donors (Lipinski definition) is 1. The monoisotopic (exact) mass is 364 g/mol. The minimum absolute atomic E-state index is 0.322. The predicted molar refractivity (Wildman–Crippen MR) is 97.1 cm³/mol. The van der Waals surface area contributed by atoms with Crippen LogP contribution in [0.15, 0.2) is 30.5 Å². The number of carbonyl (C=O) groups is 1. The lowest BCUT2D eigenvalue weighted by Crippen LogP contribution is -2.13. The van der Waals surface area contributed by atoms with Gasteiger partial charge in [-0.1, -0.05) is 18.5 Å². The number of amides is 1. The Morgan fingerprint density at radius 2 is 2.04 bits per heavy atom. The van der Waals surface area contributed by atoms with E-state index in [-0.39, 0.29) is 5.91 Å². The number of hydrogen-bond acceptors (Lipinski definition) is 5. The molecule has 0 atom stereocenters. The van der Waals surface area contributed by atoms with Crippen molar-refractivity contribution in [2.45, 2.75) is 20.3 Å². The van der Waals surface area contributed by atoms with E-state index in [1.54, 1.807) is 24.3 Å². The molecule has 134 valence electrons. The first kappa shape index (κ1) is 18.9. The number of methoxy groups -OCH3 is 1. The Morgan fingerprint density at radius 3 is 2.64 bits per heavy atom. The maximum atomic E-state index is 12.5. The van der Waals surface area contributed by atoms with Crippen molar-refractivity contribution in [1.82, 2.24) is 4.98 Å². The first-order valence-corrected chi connectivity index (χ1v) is 8.37. The van der Waals surface area contributed by atoms with Crippen LogP contribution in [0.1, 0.15) is 30.6 Å². The van der Waals surface area contributed by atoms with E-state index in [2.05, 4.69) is 10.3 Å². The van der Waals surface area contributed by atoms with Gasteiger partial charge in [0, 0.05) is 11.6 Å². The van der Waals surface area contributed by atoms with E-state index in [1.807, 2.05) is 13.8 Å². The number of nitrogens with one attached hydrogen (secondary N) is 1. The fourth-order valence-electron chi connectivity index (χ4n) is 2.08. The van der Waals surface area contributed by atoms with Crippen LogP contribution in [0.2, 0.25) is 5.02 Å². The second-order valence-corrected chi connectivity index (χ2v) is 5.52. The summed E-state index contributed by atoms with van der Waals surface area (Å²) in [5.41, 5.74) is 0.916. The molecule has 0 aliphatic carbocycles. The van der Waals surface area contributed by atoms with Gasteiger partial charge < -0.3 is 19.5 Å². The summed E-state index contributed by atoms with van der Waals surface area (Å²) in [5, 5.41) is 3.09. The molecule has 2 aromatic rings. The fraction of sp³-hybridized carbons (Fsp3) is 0.333. The molecule has 0 aliphatic rings. The Morgan fingerprint density at radius 1 is 1.24 bits per heavy atom. The van der Waals surface area contributed by atoms with Gasteiger partial charge in [0.05, 0.1) is 37.2 Å². The van der Waals surface area contributed by atoms with Crippen LogP contribution in [0, 0.1) is 0 Å². The van der Waals surface area contributed by atoms with E-state index in [9.17, 15) is 4.79 Å². The average molecular weight is 365 g/mol. The minimum atomic E-state index is -0.322. The molecule has 0 saturated heterocycles. The summed E-state index contributed by atoms with van der Waals surface area (Å²) in [7, 11) is 1.53. The van der Waals surface area contributed by atoms with E-state index < -0.39 is 0 Å². The molecule has 0 unspecified atom stereocenters. The summed E-state index contributed by atoms with van der Waals surface area (Å²) >= 11 is 6.28. The fourth-order valence-corrected chi connectivity index (χ4v) is 2.35. The summed E-state index contributed by atoms with van der Waals surface area (Å²) in [6.07, 6.45) is 2.36. The molecule has 0 aliphatic heterocycles. The lowest BCUT2D eigenvalue weighted by molar-refractivity contribution is 0.102. The number of benzene rings is 1. The van der Waals surface area contributed by atoms with Gasteiger partial charge in [0.2, 0.25) is 5.88 Å². The Bertz CT molecular complexity index is 720. The predicted octanol–water partition coefficient (Wildman–Crippen LogP) is 4.18. The van der Waals surface area contributed by atoms with Gasteiger partial charge in [-0.15, -0.1) is 0 Å². The van der Waals surface area contributed by atoms with Crippen LogP contribution in [0.5, 0.6) is 17.4 Å². The summed E-state index contributed by atoms with van der Waals surface area (Å²) in [5.74, 6) is 1.04. The van der Waals surface area contributed by atoms with E-state index in [0.717, 1.165) is 6.42 Å². The summed E-state index contributed by atoms with van der Waals surface area (Å²) in [4.78, 5) is 16.5. The summed E-state index contributed by atoms with van der Waals surface area (Å²) < 4.78 is 16.2. The highest BCUT2D eigenvalue weighted by Crippen LogP contribution is 2.37. The van der Waals surface area contributed by atoms with Crippen molar-refractivity contribution in [3.63, 3.8) is 0 Å². The zero-order valence-electron chi connectivity index (χ0n) is 14.5. The Kier molecular flexibility index (Phi) is 6.89. The van der Waals surface area contributed by atoms with Gasteiger partial charge in [-0.05, 0) is 31.5 Å². The second kappa shape index (κ2) is 9.13. The molecular formula is C18H21ClN2O4. The zero-order valence-corrected chi connectivity index (χ0v) is 15.2. The molecule has 6 nitrogen and oxygen atoms in total. The first-order valence-electron chi connectivity index (χ1n) is 7.99. The van der Waals surface area contributed by atoms with Crippen LogP contribution in [-0.4, -0.2) is 31.2 Å². The van der Waals surface area contributed by atoms with Gasteiger partial charge in [0.15, 0.2) is 11.5 Å². The lowest BCUT2D eigenvalue weighted by atomic mass is 10.1. The van der Waals surface area contributed by atoms with Crippen LogP contribution < -0.4 is 19.5 Å². The Balaban J connectivity index is 2.22. The SMILES string of the molecule is CCCOc1c(Cl)cc(C(=O)Nc2ccc(OC)nc2)cc1OCC. The van der Waals surface area contributed by atoms with Crippen LogP contribution >= 0.6 is 11.6 Å². The molecule has 0 fully saturated rings. The lowest BCUT2D eigenvalue weighted by Gasteiger charge is -2.15. The van der Waals surface area contributed by atoms with Crippen molar-refractivity contribution in [3.05, 3.63) is 41.0 Å². The third-order valence-electron chi connectivity index (χ3n) is 3.23. The molecule has 1 N–H and O–H groups in total. The Labute approximate surface area is 152 Å². The van der Waals surface area contributed by atoms with Gasteiger partial charge in [0.25, 0.3) is 5.91 Å². The molecule has 0 radical (unpaired) electrons. The normalized spacial score (nSPS) is 10.2. The number of aromatic nitrogens is 1. The van der Waals surface area contributed by atoms with Crippen molar-refractivity contribution in [1.29, 1.82) is 0 Å².